The van der Waals surface area contributed by atoms with Crippen LogP contribution in [0.2, 0.25) is 4.34 Å². The molecule has 0 atom stereocenters. The molecule has 2 aromatic rings. The summed E-state index contributed by atoms with van der Waals surface area (Å²) in [6, 6.07) is 9.83. The molecule has 1 aromatic heterocycles. The van der Waals surface area contributed by atoms with E-state index in [-0.39, 0.29) is 0 Å². The fourth-order valence-electron chi connectivity index (χ4n) is 2.00. The number of methoxy groups -OCH3 is 1. The van der Waals surface area contributed by atoms with Gasteiger partial charge in [-0.25, -0.2) is 0 Å². The van der Waals surface area contributed by atoms with Crippen molar-refractivity contribution in [2.45, 2.75) is 26.5 Å². The summed E-state index contributed by atoms with van der Waals surface area (Å²) in [5.74, 6) is 1.56. The Bertz CT molecular complexity index is 571. The first-order valence-electron chi connectivity index (χ1n) is 6.98. The van der Waals surface area contributed by atoms with Crippen LogP contribution in [-0.2, 0) is 13.2 Å². The van der Waals surface area contributed by atoms with E-state index in [1.807, 2.05) is 24.3 Å². The van der Waals surface area contributed by atoms with Crippen molar-refractivity contribution in [3.05, 3.63) is 45.1 Å². The molecule has 1 aromatic carbocycles. The molecule has 0 saturated carbocycles. The van der Waals surface area contributed by atoms with Crippen LogP contribution >= 0.6 is 22.9 Å². The van der Waals surface area contributed by atoms with E-state index >= 15 is 0 Å². The number of para-hydroxylation sites is 1. The van der Waals surface area contributed by atoms with Gasteiger partial charge in [0.05, 0.1) is 11.4 Å². The van der Waals surface area contributed by atoms with Gasteiger partial charge in [-0.15, -0.1) is 11.3 Å². The lowest BCUT2D eigenvalue weighted by Crippen LogP contribution is -2.15. The molecule has 114 valence electrons. The Morgan fingerprint density at radius 3 is 2.76 bits per heavy atom. The van der Waals surface area contributed by atoms with Crippen LogP contribution in [0.5, 0.6) is 11.5 Å². The Morgan fingerprint density at radius 1 is 1.24 bits per heavy atom. The van der Waals surface area contributed by atoms with Crippen LogP contribution < -0.4 is 14.8 Å². The zero-order valence-electron chi connectivity index (χ0n) is 12.3. The van der Waals surface area contributed by atoms with Crippen LogP contribution in [0.3, 0.4) is 0 Å². The summed E-state index contributed by atoms with van der Waals surface area (Å²) in [7, 11) is 1.66. The van der Waals surface area contributed by atoms with Gasteiger partial charge in [0.25, 0.3) is 0 Å². The van der Waals surface area contributed by atoms with Gasteiger partial charge in [0.2, 0.25) is 0 Å². The molecule has 21 heavy (non-hydrogen) atoms. The Balaban J connectivity index is 2.10. The molecule has 1 heterocycles. The van der Waals surface area contributed by atoms with Crippen molar-refractivity contribution >= 4 is 22.9 Å². The maximum atomic E-state index is 5.98. The van der Waals surface area contributed by atoms with Gasteiger partial charge >= 0.3 is 0 Å². The lowest BCUT2D eigenvalue weighted by Gasteiger charge is -2.15. The predicted octanol–water partition coefficient (Wildman–Crippen LogP) is 4.49. The van der Waals surface area contributed by atoms with Gasteiger partial charge in [-0.05, 0) is 31.2 Å². The number of ether oxygens (including phenoxy) is 2. The molecule has 0 unspecified atom stereocenters. The van der Waals surface area contributed by atoms with Crippen LogP contribution in [0.4, 0.5) is 0 Å². The van der Waals surface area contributed by atoms with E-state index in [2.05, 4.69) is 18.3 Å². The standard InChI is InChI=1S/C16H20ClNO2S/c1-3-9-18-10-12-5-4-6-14(19-2)16(12)20-11-13-7-8-15(17)21-13/h4-8,18H,3,9-11H2,1-2H3. The van der Waals surface area contributed by atoms with Crippen LogP contribution in [0.25, 0.3) is 0 Å². The molecular formula is C16H20ClNO2S. The quantitative estimate of drug-likeness (QED) is 0.725. The Kier molecular flexibility index (Phi) is 6.36. The molecule has 0 bridgehead atoms. The molecule has 0 aliphatic heterocycles. The highest BCUT2D eigenvalue weighted by molar-refractivity contribution is 7.16. The Hall–Kier alpha value is -1.23. The summed E-state index contributed by atoms with van der Waals surface area (Å²) in [4.78, 5) is 1.10. The predicted molar refractivity (Wildman–Crippen MR) is 88.7 cm³/mol. The molecule has 2 rings (SSSR count). The maximum Gasteiger partial charge on any atom is 0.166 e. The lowest BCUT2D eigenvalue weighted by atomic mass is 10.2. The molecule has 0 saturated heterocycles. The summed E-state index contributed by atoms with van der Waals surface area (Å²) in [6.07, 6.45) is 1.11. The minimum atomic E-state index is 0.499. The largest absolute Gasteiger partial charge is 0.493 e. The molecule has 0 aliphatic carbocycles. The van der Waals surface area contributed by atoms with Crippen molar-refractivity contribution in [2.24, 2.45) is 0 Å². The number of hydrogen-bond donors (Lipinski definition) is 1. The van der Waals surface area contributed by atoms with Crippen molar-refractivity contribution in [1.29, 1.82) is 0 Å². The van der Waals surface area contributed by atoms with Crippen LogP contribution in [0.15, 0.2) is 30.3 Å². The van der Waals surface area contributed by atoms with Gasteiger partial charge < -0.3 is 14.8 Å². The molecule has 0 aliphatic rings. The second-order valence-corrected chi connectivity index (χ2v) is 6.42. The third-order valence-corrected chi connectivity index (χ3v) is 4.21. The van der Waals surface area contributed by atoms with Crippen molar-refractivity contribution < 1.29 is 9.47 Å². The maximum absolute atomic E-state index is 5.98. The van der Waals surface area contributed by atoms with E-state index in [0.29, 0.717) is 6.61 Å². The Labute approximate surface area is 134 Å². The normalized spacial score (nSPS) is 10.6. The first-order chi connectivity index (χ1) is 10.2. The van der Waals surface area contributed by atoms with Crippen molar-refractivity contribution in [2.75, 3.05) is 13.7 Å². The highest BCUT2D eigenvalue weighted by Gasteiger charge is 2.11. The van der Waals surface area contributed by atoms with Gasteiger partial charge in [0.1, 0.15) is 6.61 Å². The van der Waals surface area contributed by atoms with E-state index in [0.717, 1.165) is 45.8 Å². The Morgan fingerprint density at radius 2 is 2.10 bits per heavy atom. The number of hydrogen-bond acceptors (Lipinski definition) is 4. The lowest BCUT2D eigenvalue weighted by molar-refractivity contribution is 0.283. The van der Waals surface area contributed by atoms with Crippen molar-refractivity contribution in [3.8, 4) is 11.5 Å². The minimum Gasteiger partial charge on any atom is -0.493 e. The van der Waals surface area contributed by atoms with Crippen molar-refractivity contribution in [1.82, 2.24) is 5.32 Å². The molecule has 3 nitrogen and oxygen atoms in total. The molecule has 0 amide bonds. The minimum absolute atomic E-state index is 0.499. The van der Waals surface area contributed by atoms with Gasteiger partial charge in [0.15, 0.2) is 11.5 Å². The average molecular weight is 326 g/mol. The fraction of sp³-hybridized carbons (Fsp3) is 0.375. The average Bonchev–Trinajstić information content (AvgIpc) is 2.91. The number of nitrogens with one attached hydrogen (secondary N) is 1. The second kappa shape index (κ2) is 8.27. The summed E-state index contributed by atoms with van der Waals surface area (Å²) < 4.78 is 12.2. The third kappa shape index (κ3) is 4.63. The molecule has 5 heteroatoms. The molecule has 0 fully saturated rings. The summed E-state index contributed by atoms with van der Waals surface area (Å²) in [6.45, 7) is 4.40. The second-order valence-electron chi connectivity index (χ2n) is 4.62. The first kappa shape index (κ1) is 16.1. The van der Waals surface area contributed by atoms with Crippen LogP contribution in [0, 0.1) is 0 Å². The molecule has 1 N–H and O–H groups in total. The first-order valence-corrected chi connectivity index (χ1v) is 8.17. The number of thiophene rings is 1. The monoisotopic (exact) mass is 325 g/mol. The van der Waals surface area contributed by atoms with E-state index in [1.54, 1.807) is 7.11 Å². The summed E-state index contributed by atoms with van der Waals surface area (Å²) >= 11 is 7.48. The summed E-state index contributed by atoms with van der Waals surface area (Å²) in [5.41, 5.74) is 1.10. The summed E-state index contributed by atoms with van der Waals surface area (Å²) in [5, 5.41) is 3.39. The van der Waals surface area contributed by atoms with Gasteiger partial charge in [-0.1, -0.05) is 30.7 Å². The zero-order chi connectivity index (χ0) is 15.1. The van der Waals surface area contributed by atoms with E-state index < -0.39 is 0 Å². The SMILES string of the molecule is CCCNCc1cccc(OC)c1OCc1ccc(Cl)s1. The highest BCUT2D eigenvalue weighted by Crippen LogP contribution is 2.32. The number of halogens is 1. The zero-order valence-corrected chi connectivity index (χ0v) is 13.9. The van der Waals surface area contributed by atoms with E-state index in [4.69, 9.17) is 21.1 Å². The van der Waals surface area contributed by atoms with Gasteiger partial charge in [-0.2, -0.15) is 0 Å². The van der Waals surface area contributed by atoms with Crippen molar-refractivity contribution in [3.63, 3.8) is 0 Å². The fourth-order valence-corrected chi connectivity index (χ4v) is 3.00. The molecular weight excluding hydrogens is 306 g/mol. The number of benzene rings is 1. The third-order valence-electron chi connectivity index (χ3n) is 3.01. The van der Waals surface area contributed by atoms with Gasteiger partial charge in [-0.3, -0.25) is 0 Å². The number of rotatable bonds is 8. The smallest absolute Gasteiger partial charge is 0.166 e. The van der Waals surface area contributed by atoms with Gasteiger partial charge in [0, 0.05) is 17.0 Å². The van der Waals surface area contributed by atoms with E-state index in [1.165, 1.54) is 11.3 Å². The highest BCUT2D eigenvalue weighted by atomic mass is 35.5. The topological polar surface area (TPSA) is 30.5 Å². The molecule has 0 radical (unpaired) electrons. The molecule has 0 spiro atoms. The van der Waals surface area contributed by atoms with E-state index in [9.17, 15) is 0 Å². The van der Waals surface area contributed by atoms with Crippen LogP contribution in [0.1, 0.15) is 23.8 Å². The van der Waals surface area contributed by atoms with Crippen LogP contribution in [-0.4, -0.2) is 13.7 Å².